The third-order valence-corrected chi connectivity index (χ3v) is 5.05. The summed E-state index contributed by atoms with van der Waals surface area (Å²) in [4.78, 5) is 36.2. The Kier molecular flexibility index (Phi) is 7.36. The Morgan fingerprint density at radius 1 is 1.15 bits per heavy atom. The zero-order valence-corrected chi connectivity index (χ0v) is 16.2. The van der Waals surface area contributed by atoms with Gasteiger partial charge in [0, 0.05) is 12.1 Å². The van der Waals surface area contributed by atoms with Gasteiger partial charge in [0.15, 0.2) is 12.4 Å². The number of carbonyl (C=O) groups is 3. The molecule has 1 heterocycles. The van der Waals surface area contributed by atoms with Crippen molar-refractivity contribution in [1.29, 1.82) is 0 Å². The van der Waals surface area contributed by atoms with Crippen LogP contribution in [-0.2, 0) is 20.7 Å². The highest BCUT2D eigenvalue weighted by atomic mass is 35.5. The van der Waals surface area contributed by atoms with Crippen LogP contribution in [0, 0.1) is 6.92 Å². The summed E-state index contributed by atoms with van der Waals surface area (Å²) in [6.45, 7) is 3.53. The Morgan fingerprint density at radius 3 is 2.58 bits per heavy atom. The predicted molar refractivity (Wildman–Crippen MR) is 103 cm³/mol. The van der Waals surface area contributed by atoms with E-state index in [9.17, 15) is 14.4 Å². The van der Waals surface area contributed by atoms with E-state index in [0.29, 0.717) is 9.21 Å². The molecule has 0 saturated heterocycles. The van der Waals surface area contributed by atoms with Gasteiger partial charge in [-0.2, -0.15) is 0 Å². The van der Waals surface area contributed by atoms with E-state index in [-0.39, 0.29) is 25.2 Å². The smallest absolute Gasteiger partial charge is 0.306 e. The standard InChI is InChI=1S/C19H20ClNO4S/c1-3-13-6-4-5-12(2)19(13)21-17(23)11-25-18(24)10-7-14(22)15-8-9-16(20)26-15/h4-6,8-9H,3,7,10-11H2,1-2H3,(H,21,23). The molecular weight excluding hydrogens is 374 g/mol. The number of hydrogen-bond acceptors (Lipinski definition) is 5. The normalized spacial score (nSPS) is 10.4. The lowest BCUT2D eigenvalue weighted by Crippen LogP contribution is -2.22. The fraction of sp³-hybridized carbons (Fsp3) is 0.316. The number of carbonyl (C=O) groups excluding carboxylic acids is 3. The SMILES string of the molecule is CCc1cccc(C)c1NC(=O)COC(=O)CCC(=O)c1ccc(Cl)s1. The molecule has 2 aromatic rings. The van der Waals surface area contributed by atoms with Gasteiger partial charge in [-0.25, -0.2) is 0 Å². The van der Waals surface area contributed by atoms with Crippen LogP contribution in [0.2, 0.25) is 4.34 Å². The molecule has 0 spiro atoms. The van der Waals surface area contributed by atoms with Crippen LogP contribution in [0.4, 0.5) is 5.69 Å². The third kappa shape index (κ3) is 5.68. The van der Waals surface area contributed by atoms with E-state index in [4.69, 9.17) is 16.3 Å². The van der Waals surface area contributed by atoms with Crippen LogP contribution in [0.5, 0.6) is 0 Å². The van der Waals surface area contributed by atoms with Gasteiger partial charge in [0.25, 0.3) is 5.91 Å². The van der Waals surface area contributed by atoms with E-state index in [1.165, 1.54) is 11.3 Å². The second kappa shape index (κ2) is 9.50. The third-order valence-electron chi connectivity index (χ3n) is 3.77. The monoisotopic (exact) mass is 393 g/mol. The highest BCUT2D eigenvalue weighted by Gasteiger charge is 2.14. The van der Waals surface area contributed by atoms with Crippen molar-refractivity contribution in [2.24, 2.45) is 0 Å². The van der Waals surface area contributed by atoms with E-state index in [2.05, 4.69) is 5.32 Å². The van der Waals surface area contributed by atoms with Crippen molar-refractivity contribution in [3.8, 4) is 0 Å². The highest BCUT2D eigenvalue weighted by Crippen LogP contribution is 2.23. The molecule has 0 aliphatic heterocycles. The molecule has 0 saturated carbocycles. The molecule has 0 aliphatic rings. The number of ketones is 1. The number of halogens is 1. The Balaban J connectivity index is 1.78. The zero-order chi connectivity index (χ0) is 19.1. The molecule has 26 heavy (non-hydrogen) atoms. The van der Waals surface area contributed by atoms with Crippen LogP contribution < -0.4 is 5.32 Å². The number of para-hydroxylation sites is 1. The minimum atomic E-state index is -0.586. The van der Waals surface area contributed by atoms with E-state index in [1.807, 2.05) is 32.0 Å². The second-order valence-electron chi connectivity index (χ2n) is 5.70. The molecule has 0 fully saturated rings. The van der Waals surface area contributed by atoms with Gasteiger partial charge in [-0.1, -0.05) is 36.7 Å². The van der Waals surface area contributed by atoms with E-state index in [1.54, 1.807) is 12.1 Å². The number of thiophene rings is 1. The molecule has 2 rings (SSSR count). The number of anilines is 1. The first-order chi connectivity index (χ1) is 12.4. The van der Waals surface area contributed by atoms with Gasteiger partial charge in [-0.3, -0.25) is 14.4 Å². The molecule has 1 aromatic heterocycles. The lowest BCUT2D eigenvalue weighted by atomic mass is 10.1. The fourth-order valence-electron chi connectivity index (χ4n) is 2.40. The number of rotatable bonds is 8. The van der Waals surface area contributed by atoms with E-state index >= 15 is 0 Å². The molecule has 5 nitrogen and oxygen atoms in total. The van der Waals surface area contributed by atoms with Crippen molar-refractivity contribution in [3.63, 3.8) is 0 Å². The first kappa shape index (κ1) is 20.1. The molecule has 0 unspecified atom stereocenters. The van der Waals surface area contributed by atoms with Gasteiger partial charge in [-0.05, 0) is 36.6 Å². The number of nitrogens with one attached hydrogen (secondary N) is 1. The Morgan fingerprint density at radius 2 is 1.92 bits per heavy atom. The summed E-state index contributed by atoms with van der Waals surface area (Å²) < 4.78 is 5.48. The van der Waals surface area contributed by atoms with Crippen LogP contribution in [0.1, 0.15) is 40.6 Å². The maximum Gasteiger partial charge on any atom is 0.306 e. The van der Waals surface area contributed by atoms with Crippen molar-refractivity contribution in [3.05, 3.63) is 50.7 Å². The Labute approximate surface area is 161 Å². The average molecular weight is 394 g/mol. The maximum absolute atomic E-state index is 12.0. The molecule has 0 atom stereocenters. The lowest BCUT2D eigenvalue weighted by Gasteiger charge is -2.13. The van der Waals surface area contributed by atoms with Crippen molar-refractivity contribution in [2.45, 2.75) is 33.1 Å². The minimum absolute atomic E-state index is 0.0229. The Bertz CT molecular complexity index is 816. The molecule has 0 aliphatic carbocycles. The van der Waals surface area contributed by atoms with Crippen LogP contribution in [0.25, 0.3) is 0 Å². The van der Waals surface area contributed by atoms with Crippen LogP contribution >= 0.6 is 22.9 Å². The number of benzene rings is 1. The molecule has 138 valence electrons. The molecule has 1 amide bonds. The molecule has 1 aromatic carbocycles. The summed E-state index contributed by atoms with van der Waals surface area (Å²) in [5.74, 6) is -1.16. The zero-order valence-electron chi connectivity index (χ0n) is 14.6. The summed E-state index contributed by atoms with van der Waals surface area (Å²) in [5.41, 5.74) is 2.72. The number of esters is 1. The number of hydrogen-bond donors (Lipinski definition) is 1. The second-order valence-corrected chi connectivity index (χ2v) is 7.41. The van der Waals surface area contributed by atoms with Gasteiger partial charge >= 0.3 is 5.97 Å². The van der Waals surface area contributed by atoms with Crippen molar-refractivity contribution >= 4 is 46.3 Å². The summed E-state index contributed by atoms with van der Waals surface area (Å²) in [5, 5.41) is 2.78. The van der Waals surface area contributed by atoms with Gasteiger partial charge in [0.2, 0.25) is 0 Å². The largest absolute Gasteiger partial charge is 0.456 e. The summed E-state index contributed by atoms with van der Waals surface area (Å²) >= 11 is 6.95. The van der Waals surface area contributed by atoms with Gasteiger partial charge < -0.3 is 10.1 Å². The van der Waals surface area contributed by atoms with Crippen LogP contribution in [0.3, 0.4) is 0 Å². The predicted octanol–water partition coefficient (Wildman–Crippen LogP) is 4.42. The van der Waals surface area contributed by atoms with Crippen molar-refractivity contribution in [2.75, 3.05) is 11.9 Å². The number of aryl methyl sites for hydroxylation is 2. The average Bonchev–Trinajstić information content (AvgIpc) is 3.06. The minimum Gasteiger partial charge on any atom is -0.456 e. The maximum atomic E-state index is 12.0. The first-order valence-electron chi connectivity index (χ1n) is 8.23. The summed E-state index contributed by atoms with van der Waals surface area (Å²) in [6.07, 6.45) is 0.729. The number of ether oxygens (including phenoxy) is 1. The summed E-state index contributed by atoms with van der Waals surface area (Å²) in [7, 11) is 0. The van der Waals surface area contributed by atoms with E-state index in [0.717, 1.165) is 23.2 Å². The molecule has 0 radical (unpaired) electrons. The highest BCUT2D eigenvalue weighted by molar-refractivity contribution is 7.18. The quantitative estimate of drug-likeness (QED) is 0.532. The Hall–Kier alpha value is -2.18. The molecular formula is C19H20ClNO4S. The molecule has 7 heteroatoms. The van der Waals surface area contributed by atoms with Crippen molar-refractivity contribution < 1.29 is 19.1 Å². The number of Topliss-reactive ketones (excluding diaryl/α,β-unsaturated/α-hetero) is 1. The number of amides is 1. The van der Waals surface area contributed by atoms with Crippen LogP contribution in [0.15, 0.2) is 30.3 Å². The van der Waals surface area contributed by atoms with Gasteiger partial charge in [0.05, 0.1) is 15.6 Å². The van der Waals surface area contributed by atoms with Gasteiger partial charge in [-0.15, -0.1) is 11.3 Å². The van der Waals surface area contributed by atoms with E-state index < -0.39 is 11.9 Å². The fourth-order valence-corrected chi connectivity index (χ4v) is 3.41. The summed E-state index contributed by atoms with van der Waals surface area (Å²) in [6, 6.07) is 9.04. The van der Waals surface area contributed by atoms with Gasteiger partial charge in [0.1, 0.15) is 0 Å². The topological polar surface area (TPSA) is 72.5 Å². The molecule has 1 N–H and O–H groups in total. The molecule has 0 bridgehead atoms. The van der Waals surface area contributed by atoms with Crippen LogP contribution in [-0.4, -0.2) is 24.3 Å². The lowest BCUT2D eigenvalue weighted by molar-refractivity contribution is -0.147. The first-order valence-corrected chi connectivity index (χ1v) is 9.42. The van der Waals surface area contributed by atoms with Crippen molar-refractivity contribution in [1.82, 2.24) is 0 Å².